The van der Waals surface area contributed by atoms with Crippen LogP contribution in [0.4, 0.5) is 17.6 Å². The molecule has 3 rings (SSSR count). The minimum Gasteiger partial charge on any atom is -0.333 e. The van der Waals surface area contributed by atoms with E-state index >= 15 is 0 Å². The predicted molar refractivity (Wildman–Crippen MR) is 147 cm³/mol. The van der Waals surface area contributed by atoms with Crippen molar-refractivity contribution in [2.45, 2.75) is 55.1 Å². The molecule has 222 valence electrons. The molecule has 0 aliphatic rings. The van der Waals surface area contributed by atoms with Crippen LogP contribution in [0.5, 0.6) is 0 Å². The van der Waals surface area contributed by atoms with E-state index in [1.54, 1.807) is 6.07 Å². The third-order valence-electron chi connectivity index (χ3n) is 6.18. The molecule has 0 fully saturated rings. The van der Waals surface area contributed by atoms with Gasteiger partial charge in [-0.2, -0.15) is 18.4 Å². The number of alkyl halides is 4. The van der Waals surface area contributed by atoms with E-state index in [2.05, 4.69) is 15.6 Å². The Balaban J connectivity index is 1.88. The number of sulfone groups is 1. The van der Waals surface area contributed by atoms with Crippen LogP contribution >= 0.6 is 0 Å². The highest BCUT2D eigenvalue weighted by Crippen LogP contribution is 2.35. The zero-order valence-corrected chi connectivity index (χ0v) is 23.6. The van der Waals surface area contributed by atoms with E-state index in [0.717, 1.165) is 20.1 Å². The lowest BCUT2D eigenvalue weighted by atomic mass is 9.96. The smallest absolute Gasteiger partial charge is 0.333 e. The average Bonchev–Trinajstić information content (AvgIpc) is 2.92. The SMILES string of the molecule is CC(C)(F)C[C@H](N[C@@H](c1ccc(-c2ccc(S(C)(=O)=O)cc2)cc1)C(F)(F)F)C(=O)N[C@@H](C#N)C(=O)c1cccnc1. The Bertz CT molecular complexity index is 1550. The van der Waals surface area contributed by atoms with Crippen molar-refractivity contribution < 1.29 is 35.6 Å². The van der Waals surface area contributed by atoms with Crippen molar-refractivity contribution in [3.05, 3.63) is 84.2 Å². The summed E-state index contributed by atoms with van der Waals surface area (Å²) in [7, 11) is -3.43. The summed E-state index contributed by atoms with van der Waals surface area (Å²) in [4.78, 5) is 29.6. The number of Topliss-reactive ketones (excluding diaryl/α,β-unsaturated/α-hetero) is 1. The molecule has 1 aromatic heterocycles. The van der Waals surface area contributed by atoms with Gasteiger partial charge in [0.1, 0.15) is 11.7 Å². The minimum atomic E-state index is -4.92. The maximum Gasteiger partial charge on any atom is 0.407 e. The maximum atomic E-state index is 14.7. The van der Waals surface area contributed by atoms with E-state index in [4.69, 9.17) is 0 Å². The number of nitrogens with zero attached hydrogens (tertiary/aromatic N) is 2. The monoisotopic (exact) mass is 604 g/mol. The van der Waals surface area contributed by atoms with Crippen molar-refractivity contribution in [1.82, 2.24) is 15.6 Å². The van der Waals surface area contributed by atoms with Crippen LogP contribution < -0.4 is 10.6 Å². The number of aromatic nitrogens is 1. The molecule has 13 heteroatoms. The van der Waals surface area contributed by atoms with Gasteiger partial charge in [0.05, 0.1) is 17.0 Å². The summed E-state index contributed by atoms with van der Waals surface area (Å²) in [6.07, 6.45) is -2.01. The van der Waals surface area contributed by atoms with Crippen LogP contribution in [0.2, 0.25) is 0 Å². The zero-order valence-electron chi connectivity index (χ0n) is 22.8. The lowest BCUT2D eigenvalue weighted by Gasteiger charge is -2.30. The molecule has 0 unspecified atom stereocenters. The van der Waals surface area contributed by atoms with Gasteiger partial charge < -0.3 is 5.32 Å². The van der Waals surface area contributed by atoms with E-state index in [9.17, 15) is 40.8 Å². The Morgan fingerprint density at radius 2 is 1.55 bits per heavy atom. The molecular formula is C29H28F4N4O4S. The second-order valence-corrected chi connectivity index (χ2v) is 12.2. The summed E-state index contributed by atoms with van der Waals surface area (Å²) in [5.41, 5.74) is -1.31. The molecule has 1 amide bonds. The number of hydrogen-bond donors (Lipinski definition) is 2. The van der Waals surface area contributed by atoms with Crippen LogP contribution in [0.3, 0.4) is 0 Å². The first kappa shape index (κ1) is 32.4. The first-order chi connectivity index (χ1) is 19.5. The molecule has 2 aromatic carbocycles. The molecule has 8 nitrogen and oxygen atoms in total. The van der Waals surface area contributed by atoms with E-state index in [0.29, 0.717) is 11.1 Å². The maximum absolute atomic E-state index is 14.7. The number of amides is 1. The van der Waals surface area contributed by atoms with Gasteiger partial charge in [-0.25, -0.2) is 12.8 Å². The van der Waals surface area contributed by atoms with Crippen molar-refractivity contribution in [2.24, 2.45) is 0 Å². The fourth-order valence-electron chi connectivity index (χ4n) is 4.13. The van der Waals surface area contributed by atoms with Crippen molar-refractivity contribution in [3.8, 4) is 17.2 Å². The van der Waals surface area contributed by atoms with Crippen molar-refractivity contribution in [1.29, 1.82) is 5.26 Å². The number of nitrogens with one attached hydrogen (secondary N) is 2. The number of pyridine rings is 1. The molecule has 2 N–H and O–H groups in total. The number of carbonyl (C=O) groups is 2. The number of halogens is 4. The molecule has 0 radical (unpaired) electrons. The molecule has 1 heterocycles. The zero-order chi connectivity index (χ0) is 31.3. The lowest BCUT2D eigenvalue weighted by Crippen LogP contribution is -2.54. The second kappa shape index (κ2) is 12.8. The molecule has 0 spiro atoms. The van der Waals surface area contributed by atoms with E-state index in [1.807, 2.05) is 0 Å². The van der Waals surface area contributed by atoms with Crippen LogP contribution in [-0.4, -0.2) is 55.3 Å². The molecule has 3 aromatic rings. The Morgan fingerprint density at radius 3 is 2.00 bits per heavy atom. The number of carbonyl (C=O) groups excluding carboxylic acids is 2. The van der Waals surface area contributed by atoms with Gasteiger partial charge in [-0.05, 0) is 54.8 Å². The average molecular weight is 605 g/mol. The predicted octanol–water partition coefficient (Wildman–Crippen LogP) is 4.74. The minimum absolute atomic E-state index is 0.00102. The molecule has 0 saturated heterocycles. The quantitative estimate of drug-likeness (QED) is 0.239. The highest BCUT2D eigenvalue weighted by atomic mass is 32.2. The molecule has 0 aliphatic carbocycles. The van der Waals surface area contributed by atoms with Gasteiger partial charge in [0.25, 0.3) is 0 Å². The number of benzene rings is 2. The summed E-state index contributed by atoms with van der Waals surface area (Å²) < 4.78 is 80.8. The van der Waals surface area contributed by atoms with Crippen LogP contribution in [0.1, 0.15) is 42.2 Å². The van der Waals surface area contributed by atoms with Crippen molar-refractivity contribution >= 4 is 21.5 Å². The van der Waals surface area contributed by atoms with Crippen molar-refractivity contribution in [2.75, 3.05) is 6.26 Å². The summed E-state index contributed by atoms with van der Waals surface area (Å²) in [5, 5.41) is 13.8. The summed E-state index contributed by atoms with van der Waals surface area (Å²) in [6, 6.07) is 9.45. The third kappa shape index (κ3) is 8.67. The first-order valence-electron chi connectivity index (χ1n) is 12.6. The Kier molecular flexibility index (Phi) is 9.86. The fraction of sp³-hybridized carbons (Fsp3) is 0.310. The third-order valence-corrected chi connectivity index (χ3v) is 7.31. The van der Waals surface area contributed by atoms with Crippen LogP contribution in [0, 0.1) is 11.3 Å². The molecular weight excluding hydrogens is 576 g/mol. The van der Waals surface area contributed by atoms with Crippen LogP contribution in [-0.2, 0) is 14.6 Å². The largest absolute Gasteiger partial charge is 0.407 e. The Hall–Kier alpha value is -4.15. The highest BCUT2D eigenvalue weighted by Gasteiger charge is 2.44. The van der Waals surface area contributed by atoms with E-state index in [-0.39, 0.29) is 16.0 Å². The van der Waals surface area contributed by atoms with Gasteiger partial charge >= 0.3 is 6.18 Å². The van der Waals surface area contributed by atoms with Gasteiger partial charge in [-0.1, -0.05) is 36.4 Å². The lowest BCUT2D eigenvalue weighted by molar-refractivity contribution is -0.161. The summed E-state index contributed by atoms with van der Waals surface area (Å²) in [6.45, 7) is 2.17. The van der Waals surface area contributed by atoms with Gasteiger partial charge in [0.15, 0.2) is 15.9 Å². The number of ketones is 1. The standard InChI is InChI=1S/C29H28F4N4O4S/c1-28(2,30)15-23(27(39)37-24(16-34)25(38)21-5-4-14-35-17-21)36-26(29(31,32)33)20-8-6-18(7-9-20)19-10-12-22(13-11-19)42(3,40)41/h4-14,17,23-24,26,36H,15H2,1-3H3,(H,37,39)/t23-,24-,26-/m0/s1. The molecule has 3 atom stereocenters. The summed E-state index contributed by atoms with van der Waals surface area (Å²) >= 11 is 0. The van der Waals surface area contributed by atoms with Crippen LogP contribution in [0.25, 0.3) is 11.1 Å². The fourth-order valence-corrected chi connectivity index (χ4v) is 4.76. The molecule has 42 heavy (non-hydrogen) atoms. The summed E-state index contributed by atoms with van der Waals surface area (Å²) in [5.74, 6) is -1.99. The molecule has 0 saturated carbocycles. The van der Waals surface area contributed by atoms with Gasteiger partial charge in [-0.3, -0.25) is 19.9 Å². The van der Waals surface area contributed by atoms with E-state index < -0.39 is 57.9 Å². The van der Waals surface area contributed by atoms with Gasteiger partial charge in [0, 0.05) is 30.6 Å². The van der Waals surface area contributed by atoms with E-state index in [1.165, 1.54) is 73.1 Å². The second-order valence-electron chi connectivity index (χ2n) is 10.2. The van der Waals surface area contributed by atoms with Crippen LogP contribution in [0.15, 0.2) is 78.0 Å². The first-order valence-corrected chi connectivity index (χ1v) is 14.4. The Morgan fingerprint density at radius 1 is 0.976 bits per heavy atom. The topological polar surface area (TPSA) is 129 Å². The van der Waals surface area contributed by atoms with Crippen molar-refractivity contribution in [3.63, 3.8) is 0 Å². The molecule has 0 bridgehead atoms. The van der Waals surface area contributed by atoms with Gasteiger partial charge in [-0.15, -0.1) is 0 Å². The highest BCUT2D eigenvalue weighted by molar-refractivity contribution is 7.90. The number of hydrogen-bond acceptors (Lipinski definition) is 7. The normalized spacial score (nSPS) is 14.3. The Labute approximate surface area is 240 Å². The molecule has 0 aliphatic heterocycles. The number of rotatable bonds is 11. The number of nitriles is 1. The van der Waals surface area contributed by atoms with Gasteiger partial charge in [0.2, 0.25) is 11.7 Å².